The Labute approximate surface area is 138 Å². The number of nitrogens with zero attached hydrogens (tertiary/aromatic N) is 2. The van der Waals surface area contributed by atoms with Gasteiger partial charge in [0.25, 0.3) is 5.69 Å². The number of carbonyl (C=O) groups is 1. The molecule has 1 heterocycles. The number of aromatic hydroxyl groups is 1. The van der Waals surface area contributed by atoms with Gasteiger partial charge in [-0.2, -0.15) is 0 Å². The Bertz CT molecular complexity index is 844. The molecule has 0 bridgehead atoms. The standard InChI is InChI=1S/C18H16N2O4/c1-12-11-19(15-7-2-3-8-17(15)21)16(10-18(12)22)13-5-4-6-14(9-13)20(23)24/h2-9,11,16,21H,10H2,1H3/t16-/m0/s1. The zero-order chi connectivity index (χ0) is 17.3. The third-order valence-corrected chi connectivity index (χ3v) is 4.11. The summed E-state index contributed by atoms with van der Waals surface area (Å²) >= 11 is 0. The molecule has 0 spiro atoms. The molecule has 0 radical (unpaired) electrons. The molecule has 2 aromatic rings. The van der Waals surface area contributed by atoms with E-state index >= 15 is 0 Å². The number of benzene rings is 2. The number of nitro groups is 1. The van der Waals surface area contributed by atoms with E-state index in [1.54, 1.807) is 54.4 Å². The van der Waals surface area contributed by atoms with Crippen molar-refractivity contribution in [2.24, 2.45) is 0 Å². The lowest BCUT2D eigenvalue weighted by atomic mass is 9.93. The number of Topliss-reactive ketones (excluding diaryl/α,β-unsaturated/α-hetero) is 1. The maximum absolute atomic E-state index is 12.2. The van der Waals surface area contributed by atoms with Crippen LogP contribution in [0.5, 0.6) is 5.75 Å². The summed E-state index contributed by atoms with van der Waals surface area (Å²) in [5.41, 5.74) is 1.77. The molecule has 6 heteroatoms. The lowest BCUT2D eigenvalue weighted by molar-refractivity contribution is -0.384. The highest BCUT2D eigenvalue weighted by Crippen LogP contribution is 2.39. The number of nitro benzene ring substituents is 1. The zero-order valence-corrected chi connectivity index (χ0v) is 13.0. The quantitative estimate of drug-likeness (QED) is 0.687. The molecule has 1 aliphatic rings. The van der Waals surface area contributed by atoms with Crippen LogP contribution in [0.2, 0.25) is 0 Å². The molecule has 3 rings (SSSR count). The normalized spacial score (nSPS) is 17.5. The summed E-state index contributed by atoms with van der Waals surface area (Å²) in [6, 6.07) is 12.7. The van der Waals surface area contributed by atoms with E-state index in [2.05, 4.69) is 0 Å². The van der Waals surface area contributed by atoms with Crippen LogP contribution < -0.4 is 4.90 Å². The summed E-state index contributed by atoms with van der Waals surface area (Å²) in [5, 5.41) is 21.2. The maximum atomic E-state index is 12.2. The maximum Gasteiger partial charge on any atom is 0.269 e. The lowest BCUT2D eigenvalue weighted by Crippen LogP contribution is -2.31. The van der Waals surface area contributed by atoms with Gasteiger partial charge in [-0.3, -0.25) is 14.9 Å². The zero-order valence-electron chi connectivity index (χ0n) is 13.0. The number of anilines is 1. The van der Waals surface area contributed by atoms with E-state index in [0.29, 0.717) is 16.8 Å². The first-order valence-electron chi connectivity index (χ1n) is 7.49. The van der Waals surface area contributed by atoms with Crippen LogP contribution in [0.15, 0.2) is 60.3 Å². The molecule has 0 saturated heterocycles. The molecule has 0 aliphatic carbocycles. The molecule has 6 nitrogen and oxygen atoms in total. The van der Waals surface area contributed by atoms with E-state index in [1.165, 1.54) is 12.1 Å². The monoisotopic (exact) mass is 324 g/mol. The number of phenols is 1. The molecule has 0 aromatic heterocycles. The second-order valence-corrected chi connectivity index (χ2v) is 5.70. The summed E-state index contributed by atoms with van der Waals surface area (Å²) in [4.78, 5) is 24.5. The lowest BCUT2D eigenvalue weighted by Gasteiger charge is -2.34. The molecule has 2 aromatic carbocycles. The highest BCUT2D eigenvalue weighted by molar-refractivity contribution is 5.97. The number of allylic oxidation sites excluding steroid dienone is 1. The molecule has 1 aliphatic heterocycles. The molecular formula is C18H16N2O4. The van der Waals surface area contributed by atoms with Gasteiger partial charge in [-0.1, -0.05) is 24.3 Å². The molecule has 24 heavy (non-hydrogen) atoms. The molecule has 0 fully saturated rings. The van der Waals surface area contributed by atoms with E-state index < -0.39 is 11.0 Å². The fraction of sp³-hybridized carbons (Fsp3) is 0.167. The predicted molar refractivity (Wildman–Crippen MR) is 89.8 cm³/mol. The van der Waals surface area contributed by atoms with Crippen LogP contribution in [0.3, 0.4) is 0 Å². The van der Waals surface area contributed by atoms with Gasteiger partial charge in [-0.05, 0) is 24.6 Å². The molecule has 0 saturated carbocycles. The van der Waals surface area contributed by atoms with Crippen LogP contribution in [-0.4, -0.2) is 15.8 Å². The predicted octanol–water partition coefficient (Wildman–Crippen LogP) is 3.72. The summed E-state index contributed by atoms with van der Waals surface area (Å²) in [6.07, 6.45) is 1.88. The van der Waals surface area contributed by atoms with Crippen LogP contribution in [0.1, 0.15) is 24.9 Å². The first-order valence-corrected chi connectivity index (χ1v) is 7.49. The molecule has 122 valence electrons. The van der Waals surface area contributed by atoms with Crippen molar-refractivity contribution in [1.82, 2.24) is 0 Å². The summed E-state index contributed by atoms with van der Waals surface area (Å²) in [5.74, 6) is 0.0736. The third kappa shape index (κ3) is 2.86. The first kappa shape index (κ1) is 15.7. The fourth-order valence-electron chi connectivity index (χ4n) is 2.85. The van der Waals surface area contributed by atoms with Gasteiger partial charge < -0.3 is 10.0 Å². The van der Waals surface area contributed by atoms with Crippen molar-refractivity contribution in [3.8, 4) is 5.75 Å². The SMILES string of the molecule is CC1=CN(c2ccccc2O)[C@H](c2cccc([N+](=O)[O-])c2)CC1=O. The second kappa shape index (κ2) is 6.16. The van der Waals surface area contributed by atoms with E-state index in [0.717, 1.165) is 0 Å². The molecular weight excluding hydrogens is 308 g/mol. The highest BCUT2D eigenvalue weighted by atomic mass is 16.6. The van der Waals surface area contributed by atoms with E-state index in [9.17, 15) is 20.0 Å². The van der Waals surface area contributed by atoms with Gasteiger partial charge in [-0.15, -0.1) is 0 Å². The van der Waals surface area contributed by atoms with Crippen LogP contribution in [0.25, 0.3) is 0 Å². The van der Waals surface area contributed by atoms with Crippen LogP contribution in [0, 0.1) is 10.1 Å². The molecule has 0 unspecified atom stereocenters. The largest absolute Gasteiger partial charge is 0.506 e. The fourth-order valence-corrected chi connectivity index (χ4v) is 2.85. The Morgan fingerprint density at radius 3 is 2.67 bits per heavy atom. The Morgan fingerprint density at radius 2 is 1.96 bits per heavy atom. The van der Waals surface area contributed by atoms with Gasteiger partial charge in [0.1, 0.15) is 5.75 Å². The highest BCUT2D eigenvalue weighted by Gasteiger charge is 2.30. The summed E-state index contributed by atoms with van der Waals surface area (Å²) in [6.45, 7) is 1.72. The number of rotatable bonds is 3. The second-order valence-electron chi connectivity index (χ2n) is 5.70. The Morgan fingerprint density at radius 1 is 1.21 bits per heavy atom. The van der Waals surface area contributed by atoms with Crippen molar-refractivity contribution < 1.29 is 14.8 Å². The average Bonchev–Trinajstić information content (AvgIpc) is 2.57. The number of hydrogen-bond acceptors (Lipinski definition) is 5. The summed E-state index contributed by atoms with van der Waals surface area (Å²) < 4.78 is 0. The van der Waals surface area contributed by atoms with E-state index in [1.807, 2.05) is 0 Å². The van der Waals surface area contributed by atoms with Gasteiger partial charge in [0, 0.05) is 30.3 Å². The number of hydrogen-bond donors (Lipinski definition) is 1. The minimum atomic E-state index is -0.459. The number of phenolic OH excluding ortho intramolecular Hbond substituents is 1. The Hall–Kier alpha value is -3.15. The van der Waals surface area contributed by atoms with Crippen molar-refractivity contribution in [3.63, 3.8) is 0 Å². The van der Waals surface area contributed by atoms with E-state index in [4.69, 9.17) is 0 Å². The Balaban J connectivity index is 2.10. The Kier molecular flexibility index (Phi) is 4.04. The van der Waals surface area contributed by atoms with Gasteiger partial charge >= 0.3 is 0 Å². The molecule has 1 atom stereocenters. The molecule has 1 N–H and O–H groups in total. The number of non-ortho nitro benzene ring substituents is 1. The van der Waals surface area contributed by atoms with Crippen LogP contribution in [0.4, 0.5) is 11.4 Å². The smallest absolute Gasteiger partial charge is 0.269 e. The van der Waals surface area contributed by atoms with Crippen molar-refractivity contribution in [3.05, 3.63) is 76.0 Å². The van der Waals surface area contributed by atoms with E-state index in [-0.39, 0.29) is 23.6 Å². The van der Waals surface area contributed by atoms with Gasteiger partial charge in [-0.25, -0.2) is 0 Å². The molecule has 0 amide bonds. The third-order valence-electron chi connectivity index (χ3n) is 4.11. The van der Waals surface area contributed by atoms with Gasteiger partial charge in [0.15, 0.2) is 5.78 Å². The topological polar surface area (TPSA) is 83.7 Å². The minimum absolute atomic E-state index is 0.0156. The van der Waals surface area contributed by atoms with Gasteiger partial charge in [0.05, 0.1) is 16.7 Å². The summed E-state index contributed by atoms with van der Waals surface area (Å²) in [7, 11) is 0. The number of para-hydroxylation sites is 2. The van der Waals surface area contributed by atoms with Crippen molar-refractivity contribution >= 4 is 17.2 Å². The minimum Gasteiger partial charge on any atom is -0.506 e. The van der Waals surface area contributed by atoms with Crippen molar-refractivity contribution in [2.75, 3.05) is 4.90 Å². The van der Waals surface area contributed by atoms with Crippen LogP contribution in [-0.2, 0) is 4.79 Å². The first-order chi connectivity index (χ1) is 11.5. The van der Waals surface area contributed by atoms with Crippen molar-refractivity contribution in [2.45, 2.75) is 19.4 Å². The van der Waals surface area contributed by atoms with Crippen LogP contribution >= 0.6 is 0 Å². The van der Waals surface area contributed by atoms with Gasteiger partial charge in [0.2, 0.25) is 0 Å². The number of carbonyl (C=O) groups excluding carboxylic acids is 1. The number of ketones is 1. The van der Waals surface area contributed by atoms with Crippen molar-refractivity contribution in [1.29, 1.82) is 0 Å². The average molecular weight is 324 g/mol.